The molecule has 1 N–H and O–H groups in total. The molecule has 1 nitrogen and oxygen atoms in total. The number of aliphatic hydroxyl groups is 1. The van der Waals surface area contributed by atoms with Crippen molar-refractivity contribution in [2.75, 3.05) is 0 Å². The van der Waals surface area contributed by atoms with Crippen LogP contribution in [0.5, 0.6) is 0 Å². The van der Waals surface area contributed by atoms with E-state index in [1.54, 1.807) is 0 Å². The van der Waals surface area contributed by atoms with E-state index in [0.717, 1.165) is 28.8 Å². The van der Waals surface area contributed by atoms with Crippen molar-refractivity contribution in [3.8, 4) is 0 Å². The Kier molecular flexibility index (Phi) is 3.96. The fourth-order valence-corrected chi connectivity index (χ4v) is 2.34. The number of aryl methyl sites for hydroxylation is 2. The zero-order valence-corrected chi connectivity index (χ0v) is 11.0. The van der Waals surface area contributed by atoms with Crippen LogP contribution in [0.4, 0.5) is 8.78 Å². The molecule has 0 radical (unpaired) electrons. The molecule has 100 valence electrons. The molecule has 3 heteroatoms. The minimum absolute atomic E-state index is 0.267. The van der Waals surface area contributed by atoms with Gasteiger partial charge in [-0.2, -0.15) is 0 Å². The molecule has 2 aromatic carbocycles. The van der Waals surface area contributed by atoms with Crippen LogP contribution in [0.25, 0.3) is 0 Å². The number of rotatable bonds is 3. The molecule has 2 aromatic rings. The van der Waals surface area contributed by atoms with Gasteiger partial charge in [0, 0.05) is 6.42 Å². The highest BCUT2D eigenvalue weighted by Crippen LogP contribution is 2.25. The zero-order chi connectivity index (χ0) is 14.0. The summed E-state index contributed by atoms with van der Waals surface area (Å²) < 4.78 is 26.0. The lowest BCUT2D eigenvalue weighted by atomic mass is 9.94. The van der Waals surface area contributed by atoms with Gasteiger partial charge >= 0.3 is 0 Å². The second kappa shape index (κ2) is 5.49. The summed E-state index contributed by atoms with van der Waals surface area (Å²) in [6.07, 6.45) is -0.450. The Balaban J connectivity index is 2.25. The van der Waals surface area contributed by atoms with E-state index >= 15 is 0 Å². The molecule has 0 aliphatic heterocycles. The molecular formula is C16H16F2O. The molecule has 0 aliphatic rings. The van der Waals surface area contributed by atoms with Crippen LogP contribution in [-0.4, -0.2) is 5.11 Å². The van der Waals surface area contributed by atoms with Gasteiger partial charge in [-0.25, -0.2) is 8.78 Å². The van der Waals surface area contributed by atoms with E-state index in [1.165, 1.54) is 6.07 Å². The Morgan fingerprint density at radius 2 is 1.63 bits per heavy atom. The molecule has 0 aliphatic carbocycles. The van der Waals surface area contributed by atoms with Crippen LogP contribution in [0.1, 0.15) is 28.4 Å². The molecule has 0 aromatic heterocycles. The van der Waals surface area contributed by atoms with Gasteiger partial charge in [0.25, 0.3) is 0 Å². The van der Waals surface area contributed by atoms with Gasteiger partial charge in [-0.05, 0) is 48.2 Å². The van der Waals surface area contributed by atoms with Crippen molar-refractivity contribution in [1.29, 1.82) is 0 Å². The van der Waals surface area contributed by atoms with Crippen molar-refractivity contribution >= 4 is 0 Å². The van der Waals surface area contributed by atoms with Crippen LogP contribution in [0, 0.1) is 25.5 Å². The van der Waals surface area contributed by atoms with Crippen molar-refractivity contribution < 1.29 is 13.9 Å². The third-order valence-corrected chi connectivity index (χ3v) is 3.29. The first-order chi connectivity index (χ1) is 8.99. The Morgan fingerprint density at radius 3 is 2.21 bits per heavy atom. The van der Waals surface area contributed by atoms with Crippen molar-refractivity contribution in [3.05, 3.63) is 70.3 Å². The minimum Gasteiger partial charge on any atom is -0.388 e. The van der Waals surface area contributed by atoms with Crippen LogP contribution in [0.2, 0.25) is 0 Å². The van der Waals surface area contributed by atoms with Gasteiger partial charge in [-0.3, -0.25) is 0 Å². The maximum Gasteiger partial charge on any atom is 0.159 e. The van der Waals surface area contributed by atoms with E-state index in [0.29, 0.717) is 5.56 Å². The lowest BCUT2D eigenvalue weighted by Gasteiger charge is -2.16. The molecule has 0 spiro atoms. The highest BCUT2D eigenvalue weighted by atomic mass is 19.2. The molecule has 19 heavy (non-hydrogen) atoms. The van der Waals surface area contributed by atoms with Crippen LogP contribution < -0.4 is 0 Å². The molecule has 1 unspecified atom stereocenters. The monoisotopic (exact) mass is 262 g/mol. The first-order valence-electron chi connectivity index (χ1n) is 6.17. The Bertz CT molecular complexity index is 573. The number of benzene rings is 2. The molecular weight excluding hydrogens is 246 g/mol. The quantitative estimate of drug-likeness (QED) is 0.890. The summed E-state index contributed by atoms with van der Waals surface area (Å²) in [5.41, 5.74) is 3.42. The zero-order valence-electron chi connectivity index (χ0n) is 11.0. The van der Waals surface area contributed by atoms with Crippen LogP contribution in [0.15, 0.2) is 36.4 Å². The van der Waals surface area contributed by atoms with Gasteiger partial charge in [0.2, 0.25) is 0 Å². The van der Waals surface area contributed by atoms with Crippen LogP contribution in [-0.2, 0) is 6.42 Å². The molecule has 0 amide bonds. The predicted octanol–water partition coefficient (Wildman–Crippen LogP) is 3.86. The van der Waals surface area contributed by atoms with Gasteiger partial charge in [0.15, 0.2) is 11.6 Å². The summed E-state index contributed by atoms with van der Waals surface area (Å²) in [7, 11) is 0. The molecule has 0 heterocycles. The summed E-state index contributed by atoms with van der Waals surface area (Å²) in [5, 5.41) is 10.3. The smallest absolute Gasteiger partial charge is 0.159 e. The Labute approximate surface area is 111 Å². The maximum absolute atomic E-state index is 13.1. The largest absolute Gasteiger partial charge is 0.388 e. The van der Waals surface area contributed by atoms with E-state index in [9.17, 15) is 13.9 Å². The summed E-state index contributed by atoms with van der Waals surface area (Å²) in [6.45, 7) is 3.85. The second-order valence-electron chi connectivity index (χ2n) is 4.77. The van der Waals surface area contributed by atoms with Gasteiger partial charge in [-0.1, -0.05) is 24.3 Å². The standard InChI is InChI=1S/C16H16F2O/c1-10-4-3-5-11(2)16(10)15(19)9-12-6-7-13(17)14(18)8-12/h3-8,15,19H,9H2,1-2H3. The Hall–Kier alpha value is -1.74. The Morgan fingerprint density at radius 1 is 1.00 bits per heavy atom. The normalized spacial score (nSPS) is 12.5. The van der Waals surface area contributed by atoms with Crippen molar-refractivity contribution in [3.63, 3.8) is 0 Å². The number of hydrogen-bond acceptors (Lipinski definition) is 1. The van der Waals surface area contributed by atoms with Gasteiger partial charge < -0.3 is 5.11 Å². The topological polar surface area (TPSA) is 20.2 Å². The number of hydrogen-bond donors (Lipinski definition) is 1. The molecule has 1 atom stereocenters. The fourth-order valence-electron chi connectivity index (χ4n) is 2.34. The molecule has 2 rings (SSSR count). The van der Waals surface area contributed by atoms with Gasteiger partial charge in [0.1, 0.15) is 0 Å². The van der Waals surface area contributed by atoms with Crippen molar-refractivity contribution in [1.82, 2.24) is 0 Å². The van der Waals surface area contributed by atoms with E-state index in [2.05, 4.69) is 0 Å². The first-order valence-corrected chi connectivity index (χ1v) is 6.17. The highest BCUT2D eigenvalue weighted by molar-refractivity contribution is 5.36. The third kappa shape index (κ3) is 2.99. The predicted molar refractivity (Wildman–Crippen MR) is 70.9 cm³/mol. The van der Waals surface area contributed by atoms with E-state index in [1.807, 2.05) is 32.0 Å². The molecule has 0 saturated heterocycles. The maximum atomic E-state index is 13.1. The average molecular weight is 262 g/mol. The van der Waals surface area contributed by atoms with E-state index in [-0.39, 0.29) is 6.42 Å². The van der Waals surface area contributed by atoms with Gasteiger partial charge in [-0.15, -0.1) is 0 Å². The minimum atomic E-state index is -0.883. The number of aliphatic hydroxyl groups excluding tert-OH is 1. The molecule has 0 fully saturated rings. The van der Waals surface area contributed by atoms with Crippen molar-refractivity contribution in [2.45, 2.75) is 26.4 Å². The highest BCUT2D eigenvalue weighted by Gasteiger charge is 2.14. The third-order valence-electron chi connectivity index (χ3n) is 3.29. The lowest BCUT2D eigenvalue weighted by Crippen LogP contribution is -2.06. The van der Waals surface area contributed by atoms with Crippen molar-refractivity contribution in [2.24, 2.45) is 0 Å². The summed E-state index contributed by atoms with van der Waals surface area (Å²) >= 11 is 0. The van der Waals surface area contributed by atoms with Gasteiger partial charge in [0.05, 0.1) is 6.10 Å². The fraction of sp³-hybridized carbons (Fsp3) is 0.250. The second-order valence-corrected chi connectivity index (χ2v) is 4.77. The number of halogens is 2. The summed E-state index contributed by atoms with van der Waals surface area (Å²) in [5.74, 6) is -1.75. The first kappa shape index (κ1) is 13.7. The summed E-state index contributed by atoms with van der Waals surface area (Å²) in [4.78, 5) is 0. The van der Waals surface area contributed by atoms with E-state index < -0.39 is 17.7 Å². The molecule has 0 bridgehead atoms. The van der Waals surface area contributed by atoms with E-state index in [4.69, 9.17) is 0 Å². The average Bonchev–Trinajstić information content (AvgIpc) is 2.33. The van der Waals surface area contributed by atoms with Crippen LogP contribution in [0.3, 0.4) is 0 Å². The molecule has 0 saturated carbocycles. The lowest BCUT2D eigenvalue weighted by molar-refractivity contribution is 0.177. The SMILES string of the molecule is Cc1cccc(C)c1C(O)Cc1ccc(F)c(F)c1. The summed E-state index contributed by atoms with van der Waals surface area (Å²) in [6, 6.07) is 9.50. The van der Waals surface area contributed by atoms with Crippen LogP contribution >= 0.6 is 0 Å².